The molecule has 1 saturated heterocycles. The van der Waals surface area contributed by atoms with Gasteiger partial charge in [-0.1, -0.05) is 23.7 Å². The van der Waals surface area contributed by atoms with Gasteiger partial charge in [0.2, 0.25) is 0 Å². The van der Waals surface area contributed by atoms with Crippen LogP contribution >= 0.6 is 23.4 Å². The number of phenolic OH excluding ortho intramolecular Hbond substituents is 1. The van der Waals surface area contributed by atoms with Gasteiger partial charge in [-0.05, 0) is 59.8 Å². The quantitative estimate of drug-likeness (QED) is 0.827. The van der Waals surface area contributed by atoms with Gasteiger partial charge in [0.15, 0.2) is 5.17 Å². The Morgan fingerprint density at radius 3 is 2.43 bits per heavy atom. The summed E-state index contributed by atoms with van der Waals surface area (Å²) in [5.41, 5.74) is 1.59. The van der Waals surface area contributed by atoms with Gasteiger partial charge in [0.05, 0.1) is 10.6 Å². The second-order valence-corrected chi connectivity index (χ2v) is 6.38. The molecule has 0 radical (unpaired) electrons. The Kier molecular flexibility index (Phi) is 4.41. The number of likely N-dealkylation sites (N-methyl/N-ethyl adjacent to an activating group) is 1. The van der Waals surface area contributed by atoms with E-state index in [-0.39, 0.29) is 11.7 Å². The van der Waals surface area contributed by atoms with Crippen molar-refractivity contribution in [2.45, 2.75) is 0 Å². The largest absolute Gasteiger partial charge is 0.508 e. The summed E-state index contributed by atoms with van der Waals surface area (Å²) in [6.45, 7) is 0. The Labute approximate surface area is 143 Å². The first-order valence-electron chi connectivity index (χ1n) is 6.84. The highest BCUT2D eigenvalue weighted by Gasteiger charge is 2.30. The molecule has 0 bridgehead atoms. The maximum absolute atomic E-state index is 12.3. The lowest BCUT2D eigenvalue weighted by molar-refractivity contribution is -0.121. The number of amidine groups is 1. The summed E-state index contributed by atoms with van der Waals surface area (Å²) in [4.78, 5) is 18.9. The van der Waals surface area contributed by atoms with Gasteiger partial charge in [-0.15, -0.1) is 0 Å². The van der Waals surface area contributed by atoms with E-state index in [0.717, 1.165) is 11.3 Å². The van der Waals surface area contributed by atoms with Crippen molar-refractivity contribution >= 4 is 46.2 Å². The predicted octanol–water partition coefficient (Wildman–Crippen LogP) is 4.28. The molecule has 116 valence electrons. The lowest BCUT2D eigenvalue weighted by Crippen LogP contribution is -2.23. The van der Waals surface area contributed by atoms with Crippen molar-refractivity contribution in [2.24, 2.45) is 4.99 Å². The van der Waals surface area contributed by atoms with Gasteiger partial charge in [-0.25, -0.2) is 4.99 Å². The lowest BCUT2D eigenvalue weighted by Gasteiger charge is -2.07. The van der Waals surface area contributed by atoms with Crippen molar-refractivity contribution < 1.29 is 9.90 Å². The fraction of sp³-hybridized carbons (Fsp3) is 0.0588. The maximum Gasteiger partial charge on any atom is 0.266 e. The Balaban J connectivity index is 1.87. The smallest absolute Gasteiger partial charge is 0.266 e. The van der Waals surface area contributed by atoms with E-state index in [1.807, 2.05) is 0 Å². The number of benzene rings is 2. The summed E-state index contributed by atoms with van der Waals surface area (Å²) in [5.74, 6) is 0.0930. The fourth-order valence-electron chi connectivity index (χ4n) is 2.00. The zero-order valence-corrected chi connectivity index (χ0v) is 13.8. The number of carbonyl (C=O) groups is 1. The fourth-order valence-corrected chi connectivity index (χ4v) is 3.11. The van der Waals surface area contributed by atoms with Gasteiger partial charge in [0.1, 0.15) is 5.75 Å². The molecule has 2 aromatic rings. The van der Waals surface area contributed by atoms with Crippen molar-refractivity contribution in [3.8, 4) is 5.75 Å². The average Bonchev–Trinajstić information content (AvgIpc) is 2.80. The van der Waals surface area contributed by atoms with Gasteiger partial charge in [0, 0.05) is 12.1 Å². The molecule has 0 unspecified atom stereocenters. The van der Waals surface area contributed by atoms with Crippen molar-refractivity contribution in [3.63, 3.8) is 0 Å². The Hall–Kier alpha value is -2.24. The normalized spacial score (nSPS) is 18.2. The Morgan fingerprint density at radius 1 is 1.13 bits per heavy atom. The van der Waals surface area contributed by atoms with E-state index in [0.29, 0.717) is 15.1 Å². The van der Waals surface area contributed by atoms with Crippen LogP contribution in [0, 0.1) is 0 Å². The molecule has 0 saturated carbocycles. The number of halogens is 1. The van der Waals surface area contributed by atoms with E-state index >= 15 is 0 Å². The van der Waals surface area contributed by atoms with E-state index < -0.39 is 0 Å². The average molecular weight is 345 g/mol. The van der Waals surface area contributed by atoms with E-state index in [1.54, 1.807) is 61.7 Å². The van der Waals surface area contributed by atoms with Crippen molar-refractivity contribution in [2.75, 3.05) is 7.05 Å². The van der Waals surface area contributed by atoms with Gasteiger partial charge in [0.25, 0.3) is 5.91 Å². The van der Waals surface area contributed by atoms with Crippen LogP contribution in [0.3, 0.4) is 0 Å². The molecular weight excluding hydrogens is 332 g/mol. The minimum Gasteiger partial charge on any atom is -0.508 e. The maximum atomic E-state index is 12.3. The number of thioether (sulfide) groups is 1. The van der Waals surface area contributed by atoms with Crippen LogP contribution < -0.4 is 0 Å². The number of nitrogens with zero attached hydrogens (tertiary/aromatic N) is 2. The molecule has 1 heterocycles. The second-order valence-electron chi connectivity index (χ2n) is 4.94. The molecule has 4 nitrogen and oxygen atoms in total. The van der Waals surface area contributed by atoms with Gasteiger partial charge in [-0.3, -0.25) is 9.69 Å². The summed E-state index contributed by atoms with van der Waals surface area (Å²) < 4.78 is 0. The van der Waals surface area contributed by atoms with Gasteiger partial charge < -0.3 is 5.11 Å². The van der Waals surface area contributed by atoms with E-state index in [4.69, 9.17) is 11.6 Å². The third-order valence-corrected chi connectivity index (χ3v) is 4.56. The minimum absolute atomic E-state index is 0.101. The minimum atomic E-state index is -0.101. The first kappa shape index (κ1) is 15.6. The first-order chi connectivity index (χ1) is 11.0. The highest BCUT2D eigenvalue weighted by molar-refractivity contribution is 8.18. The predicted molar refractivity (Wildman–Crippen MR) is 95.0 cm³/mol. The van der Waals surface area contributed by atoms with Crippen LogP contribution in [0.25, 0.3) is 6.08 Å². The molecule has 0 aliphatic carbocycles. The molecule has 1 N–H and O–H groups in total. The lowest BCUT2D eigenvalue weighted by atomic mass is 10.2. The van der Waals surface area contributed by atoms with Crippen LogP contribution in [0.1, 0.15) is 5.56 Å². The molecule has 1 amide bonds. The molecule has 1 fully saturated rings. The van der Waals surface area contributed by atoms with Gasteiger partial charge in [-0.2, -0.15) is 0 Å². The number of hydrogen-bond acceptors (Lipinski definition) is 4. The third-order valence-electron chi connectivity index (χ3n) is 3.25. The molecule has 1 aliphatic heterocycles. The van der Waals surface area contributed by atoms with Crippen LogP contribution in [0.2, 0.25) is 5.02 Å². The topological polar surface area (TPSA) is 52.9 Å². The number of rotatable bonds is 2. The zero-order valence-electron chi connectivity index (χ0n) is 12.2. The molecular formula is C17H13ClN2O2S. The van der Waals surface area contributed by atoms with Crippen molar-refractivity contribution in [1.29, 1.82) is 0 Å². The zero-order chi connectivity index (χ0) is 16.4. The molecule has 1 aliphatic rings. The van der Waals surface area contributed by atoms with Crippen molar-refractivity contribution in [3.05, 3.63) is 64.0 Å². The first-order valence-corrected chi connectivity index (χ1v) is 8.03. The Morgan fingerprint density at radius 2 is 1.78 bits per heavy atom. The van der Waals surface area contributed by atoms with Crippen LogP contribution in [0.15, 0.2) is 58.4 Å². The SMILES string of the molecule is CN1C(=O)C(=Cc2ccc(O)cc2)SC1=Nc1ccc(Cl)cc1. The summed E-state index contributed by atoms with van der Waals surface area (Å²) in [6, 6.07) is 13.8. The van der Waals surface area contributed by atoms with E-state index in [9.17, 15) is 9.90 Å². The molecule has 0 aromatic heterocycles. The molecule has 3 rings (SSSR count). The summed E-state index contributed by atoms with van der Waals surface area (Å²) in [6.07, 6.45) is 1.79. The van der Waals surface area contributed by atoms with E-state index in [2.05, 4.69) is 4.99 Å². The van der Waals surface area contributed by atoms with Crippen LogP contribution in [-0.2, 0) is 4.79 Å². The summed E-state index contributed by atoms with van der Waals surface area (Å²) >= 11 is 7.18. The number of phenols is 1. The summed E-state index contributed by atoms with van der Waals surface area (Å²) in [5, 5.41) is 10.6. The van der Waals surface area contributed by atoms with E-state index in [1.165, 1.54) is 16.7 Å². The van der Waals surface area contributed by atoms with Crippen molar-refractivity contribution in [1.82, 2.24) is 4.90 Å². The third kappa shape index (κ3) is 3.57. The molecule has 23 heavy (non-hydrogen) atoms. The molecule has 2 aromatic carbocycles. The van der Waals surface area contributed by atoms with Crippen LogP contribution in [0.5, 0.6) is 5.75 Å². The molecule has 0 atom stereocenters. The Bertz CT molecular complexity index is 798. The number of amides is 1. The van der Waals surface area contributed by atoms with Crippen LogP contribution in [-0.4, -0.2) is 28.1 Å². The summed E-state index contributed by atoms with van der Waals surface area (Å²) in [7, 11) is 1.70. The standard InChI is InChI=1S/C17H13ClN2O2S/c1-20-16(22)15(10-11-2-8-14(21)9-3-11)23-17(20)19-13-6-4-12(18)5-7-13/h2-10,21H,1H3. The van der Waals surface area contributed by atoms with Gasteiger partial charge >= 0.3 is 0 Å². The van der Waals surface area contributed by atoms with Crippen LogP contribution in [0.4, 0.5) is 5.69 Å². The molecule has 6 heteroatoms. The second kappa shape index (κ2) is 6.48. The molecule has 0 spiro atoms. The number of aromatic hydroxyl groups is 1. The highest BCUT2D eigenvalue weighted by Crippen LogP contribution is 2.33. The monoisotopic (exact) mass is 344 g/mol. The number of hydrogen-bond donors (Lipinski definition) is 1. The number of aliphatic imine (C=N–C) groups is 1. The number of carbonyl (C=O) groups excluding carboxylic acids is 1. The highest BCUT2D eigenvalue weighted by atomic mass is 35.5.